The van der Waals surface area contributed by atoms with Crippen molar-refractivity contribution in [2.45, 2.75) is 6.92 Å². The highest BCUT2D eigenvalue weighted by Crippen LogP contribution is 2.28. The molecule has 0 aliphatic heterocycles. The van der Waals surface area contributed by atoms with E-state index in [9.17, 15) is 4.79 Å². The first-order valence-electron chi connectivity index (χ1n) is 7.68. The summed E-state index contributed by atoms with van der Waals surface area (Å²) in [5.41, 5.74) is 7.17. The highest BCUT2D eigenvalue weighted by molar-refractivity contribution is 7.80. The average Bonchev–Trinajstić information content (AvgIpc) is 2.96. The number of hydrogen-bond donors (Lipinski definition) is 3. The third kappa shape index (κ3) is 3.89. The molecule has 2 aromatic carbocycles. The maximum Gasteiger partial charge on any atom is 0.305 e. The molecule has 0 saturated carbocycles. The highest BCUT2D eigenvalue weighted by Gasteiger charge is 2.18. The summed E-state index contributed by atoms with van der Waals surface area (Å²) in [5, 5.41) is 4.53. The molecule has 6 nitrogen and oxygen atoms in total. The average molecular weight is 390 g/mol. The minimum absolute atomic E-state index is 0.200. The van der Waals surface area contributed by atoms with Gasteiger partial charge in [0, 0.05) is 21.7 Å². The molecular formula is C18H16ClN3O3S. The molecule has 26 heavy (non-hydrogen) atoms. The molecule has 0 aliphatic carbocycles. The van der Waals surface area contributed by atoms with Gasteiger partial charge in [-0.2, -0.15) is 0 Å². The second-order valence-electron chi connectivity index (χ2n) is 5.46. The zero-order valence-corrected chi connectivity index (χ0v) is 15.6. The fourth-order valence-corrected chi connectivity index (χ4v) is 2.80. The van der Waals surface area contributed by atoms with Gasteiger partial charge in [0.15, 0.2) is 10.9 Å². The monoisotopic (exact) mass is 389 g/mol. The minimum atomic E-state index is -0.437. The Morgan fingerprint density at radius 3 is 2.73 bits per heavy atom. The van der Waals surface area contributed by atoms with Gasteiger partial charge >= 0.3 is 5.91 Å². The molecule has 3 aromatic rings. The minimum Gasteiger partial charge on any atom is -0.497 e. The van der Waals surface area contributed by atoms with Crippen molar-refractivity contribution in [1.82, 2.24) is 10.9 Å². The van der Waals surface area contributed by atoms with Gasteiger partial charge in [0.05, 0.1) is 7.11 Å². The molecule has 0 fully saturated rings. The lowest BCUT2D eigenvalue weighted by molar-refractivity contribution is 0.0917. The number of ether oxygens (including phenoxy) is 1. The number of furan rings is 1. The second kappa shape index (κ2) is 7.63. The maximum atomic E-state index is 12.4. The number of anilines is 1. The largest absolute Gasteiger partial charge is 0.497 e. The summed E-state index contributed by atoms with van der Waals surface area (Å²) in [7, 11) is 1.59. The summed E-state index contributed by atoms with van der Waals surface area (Å²) in [6, 6.07) is 12.4. The first-order chi connectivity index (χ1) is 12.5. The summed E-state index contributed by atoms with van der Waals surface area (Å²) in [6.07, 6.45) is 0. The molecule has 0 spiro atoms. The molecule has 3 rings (SSSR count). The van der Waals surface area contributed by atoms with Gasteiger partial charge in [-0.1, -0.05) is 17.7 Å². The Kier molecular flexibility index (Phi) is 5.29. The van der Waals surface area contributed by atoms with Crippen LogP contribution < -0.4 is 20.9 Å². The van der Waals surface area contributed by atoms with Crippen LogP contribution in [0.3, 0.4) is 0 Å². The number of carbonyl (C=O) groups is 1. The molecule has 1 amide bonds. The number of methoxy groups -OCH3 is 1. The normalized spacial score (nSPS) is 10.4. The first-order valence-corrected chi connectivity index (χ1v) is 8.46. The van der Waals surface area contributed by atoms with Crippen molar-refractivity contribution >= 4 is 51.5 Å². The van der Waals surface area contributed by atoms with Gasteiger partial charge in [0.25, 0.3) is 0 Å². The van der Waals surface area contributed by atoms with Crippen molar-refractivity contribution in [3.05, 3.63) is 58.8 Å². The number of nitrogens with one attached hydrogen (secondary N) is 3. The van der Waals surface area contributed by atoms with Gasteiger partial charge in [-0.3, -0.25) is 15.6 Å². The lowest BCUT2D eigenvalue weighted by Crippen LogP contribution is -2.43. The molecule has 0 aliphatic rings. The molecule has 1 heterocycles. The van der Waals surface area contributed by atoms with E-state index in [0.29, 0.717) is 27.6 Å². The Morgan fingerprint density at radius 2 is 2.00 bits per heavy atom. The molecule has 8 heteroatoms. The fourth-order valence-electron chi connectivity index (χ4n) is 2.44. The number of hydrogen-bond acceptors (Lipinski definition) is 4. The molecule has 0 atom stereocenters. The first kappa shape index (κ1) is 18.0. The van der Waals surface area contributed by atoms with Crippen molar-refractivity contribution in [1.29, 1.82) is 0 Å². The van der Waals surface area contributed by atoms with Gasteiger partial charge in [-0.05, 0) is 55.5 Å². The van der Waals surface area contributed by atoms with Crippen molar-refractivity contribution < 1.29 is 13.9 Å². The van der Waals surface area contributed by atoms with Crippen molar-refractivity contribution in [2.75, 3.05) is 12.4 Å². The van der Waals surface area contributed by atoms with E-state index in [1.807, 2.05) is 13.0 Å². The number of amides is 1. The van der Waals surface area contributed by atoms with Crippen LogP contribution in [0.25, 0.3) is 11.0 Å². The number of thiocarbonyl (C=S) groups is 1. The van der Waals surface area contributed by atoms with E-state index < -0.39 is 5.91 Å². The number of hydrazine groups is 1. The Labute approximate surface area is 160 Å². The summed E-state index contributed by atoms with van der Waals surface area (Å²) < 4.78 is 10.8. The lowest BCUT2D eigenvalue weighted by Gasteiger charge is -2.11. The summed E-state index contributed by atoms with van der Waals surface area (Å²) in [6.45, 7) is 1.81. The summed E-state index contributed by atoms with van der Waals surface area (Å²) >= 11 is 11.1. The topological polar surface area (TPSA) is 75.5 Å². The number of carbonyl (C=O) groups excluding carboxylic acids is 1. The summed E-state index contributed by atoms with van der Waals surface area (Å²) in [5.74, 6) is 0.456. The van der Waals surface area contributed by atoms with Crippen molar-refractivity contribution in [2.24, 2.45) is 0 Å². The van der Waals surface area contributed by atoms with Crippen LogP contribution in [0.4, 0.5) is 5.69 Å². The van der Waals surface area contributed by atoms with Crippen LogP contribution in [0, 0.1) is 6.92 Å². The van der Waals surface area contributed by atoms with Crippen LogP contribution in [0.5, 0.6) is 5.75 Å². The van der Waals surface area contributed by atoms with Gasteiger partial charge in [0.1, 0.15) is 11.3 Å². The SMILES string of the molecule is COc1ccc2oc(C(=O)NNC(=S)Nc3cccc(Cl)c3)c(C)c2c1. The third-order valence-electron chi connectivity index (χ3n) is 3.72. The Hall–Kier alpha value is -2.77. The number of halogens is 1. The van der Waals surface area contributed by atoms with Crippen LogP contribution in [0.15, 0.2) is 46.9 Å². The van der Waals surface area contributed by atoms with E-state index in [-0.39, 0.29) is 10.9 Å². The van der Waals surface area contributed by atoms with E-state index in [1.165, 1.54) is 0 Å². The number of benzene rings is 2. The lowest BCUT2D eigenvalue weighted by atomic mass is 10.1. The predicted molar refractivity (Wildman–Crippen MR) is 106 cm³/mol. The van der Waals surface area contributed by atoms with Crippen molar-refractivity contribution in [3.8, 4) is 5.75 Å². The van der Waals surface area contributed by atoms with Crippen LogP contribution >= 0.6 is 23.8 Å². The third-order valence-corrected chi connectivity index (χ3v) is 4.16. The van der Waals surface area contributed by atoms with Gasteiger partial charge in [-0.15, -0.1) is 0 Å². The molecule has 0 bridgehead atoms. The standard InChI is InChI=1S/C18H16ClN3O3S/c1-10-14-9-13(24-2)6-7-15(14)25-16(10)17(23)21-22-18(26)20-12-5-3-4-11(19)8-12/h3-9H,1-2H3,(H,21,23)(H2,20,22,26). The van der Waals surface area contributed by atoms with Gasteiger partial charge in [-0.25, -0.2) is 0 Å². The fraction of sp³-hybridized carbons (Fsp3) is 0.111. The predicted octanol–water partition coefficient (Wildman–Crippen LogP) is 4.03. The van der Waals surface area contributed by atoms with E-state index in [1.54, 1.807) is 43.5 Å². The van der Waals surface area contributed by atoms with E-state index >= 15 is 0 Å². The Bertz CT molecular complexity index is 987. The Balaban J connectivity index is 1.67. The quantitative estimate of drug-likeness (QED) is 0.463. The van der Waals surface area contributed by atoms with E-state index in [2.05, 4.69) is 16.2 Å². The molecule has 134 valence electrons. The second-order valence-corrected chi connectivity index (χ2v) is 6.31. The van der Waals surface area contributed by atoms with Crippen molar-refractivity contribution in [3.63, 3.8) is 0 Å². The molecule has 3 N–H and O–H groups in total. The van der Waals surface area contributed by atoms with Gasteiger partial charge < -0.3 is 14.5 Å². The maximum absolute atomic E-state index is 12.4. The van der Waals surface area contributed by atoms with Crippen LogP contribution in [0.1, 0.15) is 16.1 Å². The highest BCUT2D eigenvalue weighted by atomic mass is 35.5. The zero-order valence-electron chi connectivity index (χ0n) is 14.1. The number of fused-ring (bicyclic) bond motifs is 1. The van der Waals surface area contributed by atoms with Crippen LogP contribution in [-0.4, -0.2) is 18.1 Å². The molecule has 0 radical (unpaired) electrons. The molecular weight excluding hydrogens is 374 g/mol. The van der Waals surface area contributed by atoms with Crippen LogP contribution in [-0.2, 0) is 0 Å². The van der Waals surface area contributed by atoms with E-state index in [0.717, 1.165) is 5.39 Å². The summed E-state index contributed by atoms with van der Waals surface area (Å²) in [4.78, 5) is 12.4. The van der Waals surface area contributed by atoms with E-state index in [4.69, 9.17) is 33.0 Å². The van der Waals surface area contributed by atoms with Crippen LogP contribution in [0.2, 0.25) is 5.02 Å². The zero-order chi connectivity index (χ0) is 18.7. The number of aryl methyl sites for hydroxylation is 1. The van der Waals surface area contributed by atoms with Gasteiger partial charge in [0.2, 0.25) is 0 Å². The molecule has 1 aromatic heterocycles. The molecule has 0 saturated heterocycles. The molecule has 0 unspecified atom stereocenters. The number of rotatable bonds is 3. The Morgan fingerprint density at radius 1 is 1.19 bits per heavy atom. The smallest absolute Gasteiger partial charge is 0.305 e.